The monoisotopic (exact) mass is 534 g/mol. The van der Waals surface area contributed by atoms with E-state index in [0.29, 0.717) is 17.4 Å². The summed E-state index contributed by atoms with van der Waals surface area (Å²) in [5, 5.41) is 11.4. The van der Waals surface area contributed by atoms with Crippen molar-refractivity contribution < 1.29 is 14.6 Å². The topological polar surface area (TPSA) is 46.5 Å². The third-order valence-corrected chi connectivity index (χ3v) is 8.30. The standard InChI is InChI=1S/C36H54O3/c1-10-15-24(5)28-21-29(34(26(7)17-12-3)33(23-28)39-9)22-32(37)36(38)31-20-14-19-30(25(6)16-11-2)35(31)27(8)18-13-4/h14,19-27,37H,10-13,15-18H2,1-9H3/b32-22-. The van der Waals surface area contributed by atoms with Crippen LogP contribution in [0.4, 0.5) is 0 Å². The molecule has 0 aliphatic heterocycles. The van der Waals surface area contributed by atoms with Crippen LogP contribution in [-0.2, 0) is 0 Å². The van der Waals surface area contributed by atoms with E-state index in [1.807, 2.05) is 12.1 Å². The molecule has 0 saturated carbocycles. The van der Waals surface area contributed by atoms with E-state index >= 15 is 0 Å². The van der Waals surface area contributed by atoms with Gasteiger partial charge in [-0.25, -0.2) is 0 Å². The lowest BCUT2D eigenvalue weighted by molar-refractivity contribution is 0.0979. The first kappa shape index (κ1) is 32.7. The SMILES string of the molecule is CCCC(C)c1cc(/C=C(\O)C(=O)c2cccc(C(C)CCC)c2C(C)CCC)c(C(C)CCC)c(OC)c1. The zero-order chi connectivity index (χ0) is 29.1. The average molecular weight is 535 g/mol. The Morgan fingerprint density at radius 1 is 0.795 bits per heavy atom. The van der Waals surface area contributed by atoms with E-state index in [2.05, 4.69) is 73.6 Å². The molecule has 0 aliphatic rings. The minimum Gasteiger partial charge on any atom is -0.504 e. The van der Waals surface area contributed by atoms with Gasteiger partial charge in [0, 0.05) is 11.1 Å². The van der Waals surface area contributed by atoms with Crippen LogP contribution in [0.3, 0.4) is 0 Å². The Balaban J connectivity index is 2.72. The lowest BCUT2D eigenvalue weighted by Gasteiger charge is -2.24. The Bertz CT molecular complexity index is 1100. The van der Waals surface area contributed by atoms with Crippen molar-refractivity contribution in [2.75, 3.05) is 7.11 Å². The number of allylic oxidation sites excluding steroid dienone is 1. The number of aliphatic hydroxyl groups excluding tert-OH is 1. The van der Waals surface area contributed by atoms with E-state index in [1.165, 1.54) is 11.1 Å². The summed E-state index contributed by atoms with van der Waals surface area (Å²) in [6.07, 6.45) is 10.2. The fourth-order valence-electron chi connectivity index (χ4n) is 6.23. The molecule has 2 aromatic rings. The third kappa shape index (κ3) is 8.22. The van der Waals surface area contributed by atoms with E-state index in [1.54, 1.807) is 13.2 Å². The van der Waals surface area contributed by atoms with Crippen LogP contribution in [-0.4, -0.2) is 18.0 Å². The summed E-state index contributed by atoms with van der Waals surface area (Å²) in [6, 6.07) is 10.4. The molecule has 0 amide bonds. The minimum absolute atomic E-state index is 0.201. The molecule has 0 heterocycles. The maximum atomic E-state index is 13.9. The number of methoxy groups -OCH3 is 1. The number of benzene rings is 2. The van der Waals surface area contributed by atoms with Crippen LogP contribution in [0.25, 0.3) is 6.08 Å². The first-order valence-corrected chi connectivity index (χ1v) is 15.4. The van der Waals surface area contributed by atoms with E-state index < -0.39 is 0 Å². The summed E-state index contributed by atoms with van der Waals surface area (Å²) >= 11 is 0. The number of ketones is 1. The van der Waals surface area contributed by atoms with Gasteiger partial charge in [-0.15, -0.1) is 0 Å². The predicted octanol–water partition coefficient (Wildman–Crippen LogP) is 11.1. The number of Topliss-reactive ketones (excluding diaryl/α,β-unsaturated/α-hetero) is 1. The van der Waals surface area contributed by atoms with Gasteiger partial charge in [0.1, 0.15) is 5.75 Å². The highest BCUT2D eigenvalue weighted by molar-refractivity contribution is 6.10. The third-order valence-electron chi connectivity index (χ3n) is 8.30. The zero-order valence-corrected chi connectivity index (χ0v) is 26.2. The van der Waals surface area contributed by atoms with Crippen LogP contribution in [0.15, 0.2) is 36.1 Å². The Labute approximate surface area is 239 Å². The maximum absolute atomic E-state index is 13.9. The Morgan fingerprint density at radius 3 is 1.90 bits per heavy atom. The number of aliphatic hydroxyl groups is 1. The molecule has 2 aromatic carbocycles. The van der Waals surface area contributed by atoms with Gasteiger partial charge in [-0.1, -0.05) is 105 Å². The van der Waals surface area contributed by atoms with Crippen molar-refractivity contribution in [2.24, 2.45) is 0 Å². The maximum Gasteiger partial charge on any atom is 0.227 e. The molecular formula is C36H54O3. The van der Waals surface area contributed by atoms with Gasteiger partial charge >= 0.3 is 0 Å². The van der Waals surface area contributed by atoms with Gasteiger partial charge in [0.15, 0.2) is 5.76 Å². The average Bonchev–Trinajstić information content (AvgIpc) is 2.92. The second-order valence-corrected chi connectivity index (χ2v) is 11.7. The van der Waals surface area contributed by atoms with Gasteiger partial charge in [0.2, 0.25) is 5.78 Å². The van der Waals surface area contributed by atoms with Crippen molar-refractivity contribution in [3.8, 4) is 5.75 Å². The van der Waals surface area contributed by atoms with E-state index in [-0.39, 0.29) is 23.4 Å². The largest absolute Gasteiger partial charge is 0.504 e. The van der Waals surface area contributed by atoms with E-state index in [4.69, 9.17) is 4.74 Å². The van der Waals surface area contributed by atoms with Gasteiger partial charge in [0.25, 0.3) is 0 Å². The molecule has 3 heteroatoms. The van der Waals surface area contributed by atoms with Crippen molar-refractivity contribution in [1.29, 1.82) is 0 Å². The number of ether oxygens (including phenoxy) is 1. The predicted molar refractivity (Wildman–Crippen MR) is 168 cm³/mol. The number of rotatable bonds is 16. The first-order chi connectivity index (χ1) is 18.6. The lowest BCUT2D eigenvalue weighted by atomic mass is 9.81. The second-order valence-electron chi connectivity index (χ2n) is 11.7. The Hall–Kier alpha value is -2.55. The van der Waals surface area contributed by atoms with Crippen molar-refractivity contribution >= 4 is 11.9 Å². The minimum atomic E-state index is -0.293. The molecule has 0 radical (unpaired) electrons. The highest BCUT2D eigenvalue weighted by Gasteiger charge is 2.25. The highest BCUT2D eigenvalue weighted by Crippen LogP contribution is 2.39. The van der Waals surface area contributed by atoms with Crippen LogP contribution >= 0.6 is 0 Å². The Kier molecular flexibility index (Phi) is 13.3. The molecule has 0 spiro atoms. The summed E-state index contributed by atoms with van der Waals surface area (Å²) in [4.78, 5) is 13.9. The normalized spacial score (nSPS) is 15.1. The summed E-state index contributed by atoms with van der Waals surface area (Å²) in [5.41, 5.74) is 6.11. The quantitative estimate of drug-likeness (QED) is 0.132. The molecule has 0 bridgehead atoms. The Morgan fingerprint density at radius 2 is 1.33 bits per heavy atom. The van der Waals surface area contributed by atoms with Crippen molar-refractivity contribution in [3.63, 3.8) is 0 Å². The van der Waals surface area contributed by atoms with Crippen LogP contribution in [0.5, 0.6) is 5.75 Å². The fourth-order valence-corrected chi connectivity index (χ4v) is 6.23. The molecule has 0 aromatic heterocycles. The smallest absolute Gasteiger partial charge is 0.227 e. The molecule has 4 atom stereocenters. The van der Waals surface area contributed by atoms with Crippen molar-refractivity contribution in [3.05, 3.63) is 69.5 Å². The first-order valence-electron chi connectivity index (χ1n) is 15.4. The highest BCUT2D eigenvalue weighted by atomic mass is 16.5. The summed E-state index contributed by atoms with van der Waals surface area (Å²) in [5.74, 6) is 1.57. The molecule has 3 nitrogen and oxygen atoms in total. The van der Waals surface area contributed by atoms with Crippen LogP contribution in [0.2, 0.25) is 0 Å². The van der Waals surface area contributed by atoms with Crippen LogP contribution < -0.4 is 4.74 Å². The summed E-state index contributed by atoms with van der Waals surface area (Å²) < 4.78 is 5.90. The lowest BCUT2D eigenvalue weighted by Crippen LogP contribution is -2.13. The summed E-state index contributed by atoms with van der Waals surface area (Å²) in [6.45, 7) is 17.7. The number of carbonyl (C=O) groups excluding carboxylic acids is 1. The van der Waals surface area contributed by atoms with Crippen LogP contribution in [0.1, 0.15) is 169 Å². The fraction of sp³-hybridized carbons (Fsp3) is 0.583. The van der Waals surface area contributed by atoms with E-state index in [9.17, 15) is 9.90 Å². The van der Waals surface area contributed by atoms with Gasteiger partial charge < -0.3 is 9.84 Å². The molecule has 0 saturated heterocycles. The molecule has 2 rings (SSSR count). The molecule has 0 aliphatic carbocycles. The van der Waals surface area contributed by atoms with E-state index in [0.717, 1.165) is 73.8 Å². The summed E-state index contributed by atoms with van der Waals surface area (Å²) in [7, 11) is 1.72. The zero-order valence-electron chi connectivity index (χ0n) is 26.2. The molecule has 216 valence electrons. The number of carbonyl (C=O) groups is 1. The van der Waals surface area contributed by atoms with Crippen LogP contribution in [0, 0.1) is 0 Å². The number of hydrogen-bond donors (Lipinski definition) is 1. The van der Waals surface area contributed by atoms with Gasteiger partial charge in [0.05, 0.1) is 7.11 Å². The van der Waals surface area contributed by atoms with Gasteiger partial charge in [-0.05, 0) is 83.8 Å². The molecule has 1 N–H and O–H groups in total. The molecule has 39 heavy (non-hydrogen) atoms. The van der Waals surface area contributed by atoms with Crippen molar-refractivity contribution in [1.82, 2.24) is 0 Å². The molecule has 0 fully saturated rings. The van der Waals surface area contributed by atoms with Gasteiger partial charge in [-0.2, -0.15) is 0 Å². The van der Waals surface area contributed by atoms with Gasteiger partial charge in [-0.3, -0.25) is 4.79 Å². The van der Waals surface area contributed by atoms with Crippen molar-refractivity contribution in [2.45, 2.75) is 130 Å². The molecule has 4 unspecified atom stereocenters. The second kappa shape index (κ2) is 15.9. The molecular weight excluding hydrogens is 480 g/mol. The number of hydrogen-bond acceptors (Lipinski definition) is 3.